The fraction of sp³-hybridized carbons (Fsp3) is 0.462. The maximum atomic E-state index is 10.4. The first-order chi connectivity index (χ1) is 8.04. The van der Waals surface area contributed by atoms with Crippen molar-refractivity contribution in [3.63, 3.8) is 0 Å². The Labute approximate surface area is 101 Å². The van der Waals surface area contributed by atoms with Crippen molar-refractivity contribution in [1.82, 2.24) is 4.90 Å². The van der Waals surface area contributed by atoms with E-state index in [1.54, 1.807) is 0 Å². The van der Waals surface area contributed by atoms with Gasteiger partial charge >= 0.3 is 5.97 Å². The van der Waals surface area contributed by atoms with Gasteiger partial charge in [0.1, 0.15) is 5.75 Å². The van der Waals surface area contributed by atoms with Crippen LogP contribution in [0, 0.1) is 0 Å². The number of aryl methyl sites for hydroxylation is 1. The molecule has 0 saturated heterocycles. The van der Waals surface area contributed by atoms with E-state index >= 15 is 0 Å². The fourth-order valence-corrected chi connectivity index (χ4v) is 1.71. The van der Waals surface area contributed by atoms with Gasteiger partial charge in [-0.3, -0.25) is 4.79 Å². The van der Waals surface area contributed by atoms with Crippen LogP contribution in [0.15, 0.2) is 18.2 Å². The molecule has 4 nitrogen and oxygen atoms in total. The van der Waals surface area contributed by atoms with Gasteiger partial charge in [-0.05, 0) is 19.0 Å². The molecule has 0 bridgehead atoms. The van der Waals surface area contributed by atoms with Crippen molar-refractivity contribution in [2.45, 2.75) is 26.3 Å². The highest BCUT2D eigenvalue weighted by Crippen LogP contribution is 2.23. The number of carboxylic acids is 1. The summed E-state index contributed by atoms with van der Waals surface area (Å²) in [5, 5.41) is 18.6. The van der Waals surface area contributed by atoms with Crippen LogP contribution < -0.4 is 0 Å². The van der Waals surface area contributed by atoms with E-state index in [1.165, 1.54) is 0 Å². The van der Waals surface area contributed by atoms with Crippen LogP contribution in [0.25, 0.3) is 0 Å². The molecule has 0 amide bonds. The van der Waals surface area contributed by atoms with Crippen LogP contribution in [0.1, 0.15) is 24.5 Å². The van der Waals surface area contributed by atoms with Gasteiger partial charge in [0.05, 0.1) is 6.42 Å². The Hall–Kier alpha value is -1.55. The summed E-state index contributed by atoms with van der Waals surface area (Å²) in [6, 6.07) is 5.68. The molecule has 0 aliphatic rings. The van der Waals surface area contributed by atoms with E-state index < -0.39 is 5.97 Å². The van der Waals surface area contributed by atoms with Crippen LogP contribution in [-0.2, 0) is 17.8 Å². The highest BCUT2D eigenvalue weighted by molar-refractivity contribution is 5.66. The summed E-state index contributed by atoms with van der Waals surface area (Å²) in [7, 11) is 1.85. The molecule has 1 aromatic carbocycles. The second-order valence-electron chi connectivity index (χ2n) is 4.16. The number of hydrogen-bond acceptors (Lipinski definition) is 3. The molecule has 17 heavy (non-hydrogen) atoms. The number of carbonyl (C=O) groups is 1. The summed E-state index contributed by atoms with van der Waals surface area (Å²) < 4.78 is 0. The van der Waals surface area contributed by atoms with Gasteiger partial charge in [-0.2, -0.15) is 0 Å². The maximum absolute atomic E-state index is 10.4. The number of hydrogen-bond donors (Lipinski definition) is 2. The predicted molar refractivity (Wildman–Crippen MR) is 66.1 cm³/mol. The summed E-state index contributed by atoms with van der Waals surface area (Å²) >= 11 is 0. The highest BCUT2D eigenvalue weighted by Gasteiger charge is 2.09. The van der Waals surface area contributed by atoms with Crippen molar-refractivity contribution in [3.8, 4) is 5.75 Å². The van der Waals surface area contributed by atoms with Crippen molar-refractivity contribution in [1.29, 1.82) is 0 Å². The van der Waals surface area contributed by atoms with E-state index in [9.17, 15) is 9.90 Å². The molecule has 0 aromatic heterocycles. The first kappa shape index (κ1) is 13.5. The van der Waals surface area contributed by atoms with E-state index in [0.29, 0.717) is 18.8 Å². The van der Waals surface area contributed by atoms with E-state index in [1.807, 2.05) is 37.1 Å². The molecule has 1 aromatic rings. The number of phenolic OH excluding ortho intramolecular Hbond substituents is 1. The Bertz CT molecular complexity index is 390. The third-order valence-corrected chi connectivity index (χ3v) is 2.73. The average Bonchev–Trinajstić information content (AvgIpc) is 2.29. The van der Waals surface area contributed by atoms with Crippen molar-refractivity contribution in [2.75, 3.05) is 13.6 Å². The smallest absolute Gasteiger partial charge is 0.304 e. The van der Waals surface area contributed by atoms with E-state index in [2.05, 4.69) is 0 Å². The molecular weight excluding hydrogens is 218 g/mol. The summed E-state index contributed by atoms with van der Waals surface area (Å²) in [6.45, 7) is 3.03. The lowest BCUT2D eigenvalue weighted by Gasteiger charge is -2.17. The van der Waals surface area contributed by atoms with E-state index in [0.717, 1.165) is 17.5 Å². The first-order valence-corrected chi connectivity index (χ1v) is 5.74. The molecule has 0 fully saturated rings. The SMILES string of the molecule is CCc1cccc(CN(C)CCC(=O)O)c1O. The summed E-state index contributed by atoms with van der Waals surface area (Å²) in [5.41, 5.74) is 1.77. The molecule has 0 aliphatic heterocycles. The summed E-state index contributed by atoms with van der Waals surface area (Å²) in [4.78, 5) is 12.3. The molecular formula is C13H19NO3. The predicted octanol–water partition coefficient (Wildman–Crippen LogP) is 1.86. The lowest BCUT2D eigenvalue weighted by atomic mass is 10.1. The fourth-order valence-electron chi connectivity index (χ4n) is 1.71. The number of phenols is 1. The Morgan fingerprint density at radius 3 is 2.59 bits per heavy atom. The van der Waals surface area contributed by atoms with Gasteiger partial charge in [0.2, 0.25) is 0 Å². The van der Waals surface area contributed by atoms with Crippen molar-refractivity contribution in [2.24, 2.45) is 0 Å². The van der Waals surface area contributed by atoms with Gasteiger partial charge in [-0.1, -0.05) is 25.1 Å². The molecule has 1 rings (SSSR count). The second-order valence-corrected chi connectivity index (χ2v) is 4.16. The number of para-hydroxylation sites is 1. The van der Waals surface area contributed by atoms with E-state index in [4.69, 9.17) is 5.11 Å². The standard InChI is InChI=1S/C13H19NO3/c1-3-10-5-4-6-11(13(10)17)9-14(2)8-7-12(15)16/h4-6,17H,3,7-9H2,1-2H3,(H,15,16). The van der Waals surface area contributed by atoms with Crippen molar-refractivity contribution in [3.05, 3.63) is 29.3 Å². The third-order valence-electron chi connectivity index (χ3n) is 2.73. The van der Waals surface area contributed by atoms with Crippen LogP contribution >= 0.6 is 0 Å². The van der Waals surface area contributed by atoms with Gasteiger partial charge in [0.25, 0.3) is 0 Å². The van der Waals surface area contributed by atoms with Crippen LogP contribution in [-0.4, -0.2) is 34.7 Å². The minimum absolute atomic E-state index is 0.116. The second kappa shape index (κ2) is 6.25. The Morgan fingerprint density at radius 2 is 2.00 bits per heavy atom. The molecule has 0 radical (unpaired) electrons. The zero-order valence-electron chi connectivity index (χ0n) is 10.3. The maximum Gasteiger partial charge on any atom is 0.304 e. The molecule has 0 spiro atoms. The molecule has 0 atom stereocenters. The highest BCUT2D eigenvalue weighted by atomic mass is 16.4. The number of rotatable bonds is 6. The van der Waals surface area contributed by atoms with Crippen LogP contribution in [0.2, 0.25) is 0 Å². The summed E-state index contributed by atoms with van der Waals surface area (Å²) in [5.74, 6) is -0.472. The van der Waals surface area contributed by atoms with E-state index in [-0.39, 0.29) is 6.42 Å². The molecule has 0 saturated carbocycles. The molecule has 0 unspecified atom stereocenters. The van der Waals surface area contributed by atoms with Crippen molar-refractivity contribution < 1.29 is 15.0 Å². The minimum atomic E-state index is -0.802. The molecule has 2 N–H and O–H groups in total. The van der Waals surface area contributed by atoms with Gasteiger partial charge < -0.3 is 15.1 Å². The first-order valence-electron chi connectivity index (χ1n) is 5.74. The quantitative estimate of drug-likeness (QED) is 0.792. The number of benzene rings is 1. The topological polar surface area (TPSA) is 60.8 Å². The lowest BCUT2D eigenvalue weighted by Crippen LogP contribution is -2.21. The Balaban J connectivity index is 2.64. The van der Waals surface area contributed by atoms with Crippen LogP contribution in [0.5, 0.6) is 5.75 Å². The largest absolute Gasteiger partial charge is 0.507 e. The zero-order chi connectivity index (χ0) is 12.8. The monoisotopic (exact) mass is 237 g/mol. The Kier molecular flexibility index (Phi) is 4.97. The number of nitrogens with zero attached hydrogens (tertiary/aromatic N) is 1. The summed E-state index contributed by atoms with van der Waals surface area (Å²) in [6.07, 6.45) is 0.906. The number of carboxylic acid groups (broad SMARTS) is 1. The van der Waals surface area contributed by atoms with Gasteiger partial charge in [0.15, 0.2) is 0 Å². The van der Waals surface area contributed by atoms with Gasteiger partial charge in [0, 0.05) is 18.7 Å². The molecule has 4 heteroatoms. The minimum Gasteiger partial charge on any atom is -0.507 e. The van der Waals surface area contributed by atoms with Gasteiger partial charge in [-0.25, -0.2) is 0 Å². The molecule has 0 heterocycles. The average molecular weight is 237 g/mol. The molecule has 94 valence electrons. The van der Waals surface area contributed by atoms with Crippen molar-refractivity contribution >= 4 is 5.97 Å². The number of aromatic hydroxyl groups is 1. The third kappa shape index (κ3) is 4.07. The zero-order valence-corrected chi connectivity index (χ0v) is 10.3. The molecule has 0 aliphatic carbocycles. The Morgan fingerprint density at radius 1 is 1.35 bits per heavy atom. The number of aliphatic carboxylic acids is 1. The van der Waals surface area contributed by atoms with Crippen LogP contribution in [0.3, 0.4) is 0 Å². The normalized spacial score (nSPS) is 10.8. The van der Waals surface area contributed by atoms with Gasteiger partial charge in [-0.15, -0.1) is 0 Å². The van der Waals surface area contributed by atoms with Crippen LogP contribution in [0.4, 0.5) is 0 Å². The lowest BCUT2D eigenvalue weighted by molar-refractivity contribution is -0.137.